The summed E-state index contributed by atoms with van der Waals surface area (Å²) < 4.78 is 5.47. The lowest BCUT2D eigenvalue weighted by molar-refractivity contribution is -0.209. The van der Waals surface area contributed by atoms with Gasteiger partial charge in [0.1, 0.15) is 0 Å². The second kappa shape index (κ2) is 8.19. The minimum atomic E-state index is -2.88. The molecule has 2 heterocycles. The summed E-state index contributed by atoms with van der Waals surface area (Å²) in [5.41, 5.74) is -4.23. The van der Waals surface area contributed by atoms with Gasteiger partial charge in [0.25, 0.3) is 0 Å². The van der Waals surface area contributed by atoms with Crippen molar-refractivity contribution in [3.63, 3.8) is 0 Å². The Hall–Kier alpha value is -2.20. The molecule has 1 saturated heterocycles. The maximum atomic E-state index is 12.5. The van der Waals surface area contributed by atoms with Crippen molar-refractivity contribution in [1.29, 1.82) is 0 Å². The molecule has 184 valence electrons. The molecule has 2 saturated carbocycles. The van der Waals surface area contributed by atoms with Gasteiger partial charge in [0.15, 0.2) is 6.10 Å². The van der Waals surface area contributed by atoms with E-state index in [0.29, 0.717) is 37.5 Å². The maximum Gasteiger partial charge on any atom is 0.339 e. The molecule has 4 aliphatic rings. The molecule has 3 fully saturated rings. The molecular formula is C24H29ClN2O7. The molecule has 6 unspecified atom stereocenters. The first-order chi connectivity index (χ1) is 16.2. The molecule has 0 aromatic heterocycles. The van der Waals surface area contributed by atoms with E-state index in [0.717, 1.165) is 24.5 Å². The van der Waals surface area contributed by atoms with E-state index >= 15 is 0 Å². The number of ether oxygens (including phenoxy) is 1. The Labute approximate surface area is 202 Å². The van der Waals surface area contributed by atoms with Gasteiger partial charge in [0.05, 0.1) is 24.6 Å². The number of amidine groups is 1. The number of nitrogens with zero attached hydrogens (tertiary/aromatic N) is 2. The van der Waals surface area contributed by atoms with E-state index in [2.05, 4.69) is 4.90 Å². The number of fused-ring (bicyclic) bond motifs is 3. The van der Waals surface area contributed by atoms with Crippen molar-refractivity contribution in [2.45, 2.75) is 55.3 Å². The zero-order valence-electron chi connectivity index (χ0n) is 18.7. The summed E-state index contributed by atoms with van der Waals surface area (Å²) in [7, 11) is 0. The average Bonchev–Trinajstić information content (AvgIpc) is 3.53. The molecule has 0 amide bonds. The van der Waals surface area contributed by atoms with Crippen molar-refractivity contribution >= 4 is 29.4 Å². The first-order valence-corrected chi connectivity index (χ1v) is 12.1. The lowest BCUT2D eigenvalue weighted by Gasteiger charge is -2.51. The summed E-state index contributed by atoms with van der Waals surface area (Å²) in [4.78, 5) is 31.8. The molecule has 2 aliphatic heterocycles. The summed E-state index contributed by atoms with van der Waals surface area (Å²) in [5.74, 6) is -3.18. The van der Waals surface area contributed by atoms with Crippen LogP contribution in [0.25, 0.3) is 0 Å². The van der Waals surface area contributed by atoms with Gasteiger partial charge in [-0.05, 0) is 49.3 Å². The minimum absolute atomic E-state index is 0.0430. The number of aliphatic carboxylic acids is 2. The lowest BCUT2D eigenvalue weighted by atomic mass is 9.55. The Bertz CT molecular complexity index is 1030. The molecule has 2 aliphatic carbocycles. The van der Waals surface area contributed by atoms with Crippen molar-refractivity contribution in [2.75, 3.05) is 26.3 Å². The van der Waals surface area contributed by atoms with Crippen LogP contribution in [0.3, 0.4) is 0 Å². The van der Waals surface area contributed by atoms with Gasteiger partial charge in [-0.1, -0.05) is 23.7 Å². The molecule has 6 atom stereocenters. The highest BCUT2D eigenvalue weighted by atomic mass is 35.5. The van der Waals surface area contributed by atoms with Crippen molar-refractivity contribution in [1.82, 2.24) is 4.90 Å². The first kappa shape index (κ1) is 23.5. The number of hydrogen-bond acceptors (Lipinski definition) is 7. The molecule has 34 heavy (non-hydrogen) atoms. The number of aliphatic hydroxyl groups excluding tert-OH is 1. The SMILES string of the molecule is O=C(O)C(O)C(O)(C(=O)O)C12CCC(C1)C1(CCC(N3CCOCC3)=N1)C2c1ccc(Cl)cc1. The van der Waals surface area contributed by atoms with Gasteiger partial charge >= 0.3 is 11.9 Å². The second-order valence-corrected chi connectivity index (χ2v) is 10.4. The monoisotopic (exact) mass is 492 g/mol. The minimum Gasteiger partial charge on any atom is -0.479 e. The standard InChI is InChI=1S/C24H29ClN2O7/c25-16-3-1-14(2-4-16)18-22(24(33,21(31)32)19(28)20(29)30)7-5-15(13-22)23(18)8-6-17(26-23)27-9-11-34-12-10-27/h1-4,15,18-19,28,33H,5-13H2,(H,29,30)(H,31,32). The Morgan fingerprint density at radius 2 is 1.85 bits per heavy atom. The fourth-order valence-electron chi connectivity index (χ4n) is 7.31. The van der Waals surface area contributed by atoms with E-state index in [1.807, 2.05) is 0 Å². The molecule has 9 nitrogen and oxygen atoms in total. The largest absolute Gasteiger partial charge is 0.479 e. The third-order valence-corrected chi connectivity index (χ3v) is 8.94. The van der Waals surface area contributed by atoms with Crippen LogP contribution in [0.5, 0.6) is 0 Å². The maximum absolute atomic E-state index is 12.5. The number of hydrogen-bond donors (Lipinski definition) is 4. The summed E-state index contributed by atoms with van der Waals surface area (Å²) in [5, 5.41) is 42.5. The van der Waals surface area contributed by atoms with Gasteiger partial charge in [-0.3, -0.25) is 4.99 Å². The predicted molar refractivity (Wildman–Crippen MR) is 122 cm³/mol. The van der Waals surface area contributed by atoms with Crippen LogP contribution >= 0.6 is 11.6 Å². The van der Waals surface area contributed by atoms with Crippen molar-refractivity contribution in [2.24, 2.45) is 16.3 Å². The highest BCUT2D eigenvalue weighted by molar-refractivity contribution is 6.30. The lowest BCUT2D eigenvalue weighted by Crippen LogP contribution is -2.65. The fourth-order valence-corrected chi connectivity index (χ4v) is 7.43. The number of aliphatic imine (C=N–C) groups is 1. The number of rotatable bonds is 5. The van der Waals surface area contributed by atoms with Crippen molar-refractivity contribution in [3.8, 4) is 0 Å². The van der Waals surface area contributed by atoms with Crippen LogP contribution in [0.2, 0.25) is 5.02 Å². The number of carboxylic acids is 2. The van der Waals surface area contributed by atoms with Crippen LogP contribution in [-0.2, 0) is 14.3 Å². The number of carboxylic acid groups (broad SMARTS) is 2. The highest BCUT2D eigenvalue weighted by Gasteiger charge is 2.77. The summed E-state index contributed by atoms with van der Waals surface area (Å²) in [6.07, 6.45) is 0.0569. The number of aliphatic hydroxyl groups is 2. The van der Waals surface area contributed by atoms with E-state index in [1.54, 1.807) is 24.3 Å². The fraction of sp³-hybridized carbons (Fsp3) is 0.625. The van der Waals surface area contributed by atoms with Crippen LogP contribution in [0.4, 0.5) is 0 Å². The van der Waals surface area contributed by atoms with Gasteiger partial charge in [-0.2, -0.15) is 0 Å². The molecule has 10 heteroatoms. The topological polar surface area (TPSA) is 140 Å². The Balaban J connectivity index is 1.68. The third-order valence-electron chi connectivity index (χ3n) is 8.69. The smallest absolute Gasteiger partial charge is 0.339 e. The number of morpholine rings is 1. The zero-order valence-corrected chi connectivity index (χ0v) is 19.4. The number of benzene rings is 1. The Morgan fingerprint density at radius 3 is 2.47 bits per heavy atom. The Kier molecular flexibility index (Phi) is 5.67. The first-order valence-electron chi connectivity index (χ1n) is 11.7. The predicted octanol–water partition coefficient (Wildman–Crippen LogP) is 1.75. The second-order valence-electron chi connectivity index (χ2n) is 10.0. The summed E-state index contributed by atoms with van der Waals surface area (Å²) >= 11 is 6.13. The van der Waals surface area contributed by atoms with Crippen LogP contribution < -0.4 is 0 Å². The zero-order chi connectivity index (χ0) is 24.3. The van der Waals surface area contributed by atoms with Crippen LogP contribution in [0.1, 0.15) is 43.6 Å². The number of carbonyl (C=O) groups is 2. The van der Waals surface area contributed by atoms with E-state index in [9.17, 15) is 30.0 Å². The third kappa shape index (κ3) is 3.13. The van der Waals surface area contributed by atoms with Gasteiger partial charge in [-0.15, -0.1) is 0 Å². The molecule has 1 aromatic carbocycles. The molecule has 5 rings (SSSR count). The van der Waals surface area contributed by atoms with Gasteiger partial charge in [0.2, 0.25) is 5.60 Å². The van der Waals surface area contributed by atoms with E-state index in [4.69, 9.17) is 21.3 Å². The summed E-state index contributed by atoms with van der Waals surface area (Å²) in [6.45, 7) is 2.69. The quantitative estimate of drug-likeness (QED) is 0.487. The van der Waals surface area contributed by atoms with Crippen LogP contribution in [-0.4, -0.2) is 86.6 Å². The molecule has 0 radical (unpaired) electrons. The van der Waals surface area contributed by atoms with Crippen molar-refractivity contribution in [3.05, 3.63) is 34.9 Å². The molecule has 1 spiro atoms. The summed E-state index contributed by atoms with van der Waals surface area (Å²) in [6, 6.07) is 7.02. The van der Waals surface area contributed by atoms with Crippen LogP contribution in [0.15, 0.2) is 29.3 Å². The van der Waals surface area contributed by atoms with Crippen LogP contribution in [0, 0.1) is 11.3 Å². The molecule has 2 bridgehead atoms. The molecule has 1 aromatic rings. The molecular weight excluding hydrogens is 464 g/mol. The molecule has 4 N–H and O–H groups in total. The Morgan fingerprint density at radius 1 is 1.18 bits per heavy atom. The van der Waals surface area contributed by atoms with Gasteiger partial charge in [-0.25, -0.2) is 9.59 Å². The van der Waals surface area contributed by atoms with E-state index in [-0.39, 0.29) is 18.8 Å². The van der Waals surface area contributed by atoms with E-state index < -0.39 is 40.5 Å². The van der Waals surface area contributed by atoms with E-state index in [1.165, 1.54) is 0 Å². The normalized spacial score (nSPS) is 35.3. The average molecular weight is 493 g/mol. The van der Waals surface area contributed by atoms with Crippen molar-refractivity contribution < 1.29 is 34.8 Å². The highest BCUT2D eigenvalue weighted by Crippen LogP contribution is 2.73. The van der Waals surface area contributed by atoms with Gasteiger partial charge in [0, 0.05) is 35.9 Å². The number of halogens is 1. The van der Waals surface area contributed by atoms with Gasteiger partial charge < -0.3 is 30.1 Å².